The summed E-state index contributed by atoms with van der Waals surface area (Å²) in [6.07, 6.45) is 2.09. The van der Waals surface area contributed by atoms with Crippen LogP contribution in [0.4, 0.5) is 18.9 Å². The molecule has 0 aliphatic heterocycles. The highest BCUT2D eigenvalue weighted by Gasteiger charge is 2.35. The average Bonchev–Trinajstić information content (AvgIpc) is 2.66. The molecule has 2 amide bonds. The van der Waals surface area contributed by atoms with Crippen LogP contribution in [-0.2, 0) is 9.59 Å². The fraction of sp³-hybridized carbons (Fsp3) is 0.316. The second-order valence-electron chi connectivity index (χ2n) is 6.55. The zero-order valence-corrected chi connectivity index (χ0v) is 16.2. The van der Waals surface area contributed by atoms with Crippen LogP contribution in [0.25, 0.3) is 0 Å². The molecule has 0 radical (unpaired) electrons. The minimum atomic E-state index is -2.97. The van der Waals surface area contributed by atoms with Crippen LogP contribution in [0.2, 0.25) is 5.02 Å². The number of carbonyl (C=O) groups is 2. The quantitative estimate of drug-likeness (QED) is 0.653. The molecule has 2 aromatic rings. The van der Waals surface area contributed by atoms with Gasteiger partial charge in [0.15, 0.2) is 6.61 Å². The number of benzene rings is 1. The maximum atomic E-state index is 13.3. The third-order valence-electron chi connectivity index (χ3n) is 4.35. The van der Waals surface area contributed by atoms with Crippen LogP contribution in [0.1, 0.15) is 12.8 Å². The zero-order valence-electron chi connectivity index (χ0n) is 15.4. The standard InChI is InChI=1S/C19H17ClF3N3O4/c20-14-3-2-13(7-15(14)21)29-9-16(27)25-12-5-10(6-12)18(28)26-11-1-4-17(24-8-11)30-19(22)23/h1-4,7-8,10,12,19H,5-6,9H2,(H,25,27)(H,26,28). The first-order chi connectivity index (χ1) is 14.3. The molecule has 2 N–H and O–H groups in total. The zero-order chi connectivity index (χ0) is 21.7. The highest BCUT2D eigenvalue weighted by atomic mass is 35.5. The molecule has 7 nitrogen and oxygen atoms in total. The first kappa shape index (κ1) is 21.7. The van der Waals surface area contributed by atoms with Gasteiger partial charge in [0.1, 0.15) is 11.6 Å². The Morgan fingerprint density at radius 2 is 2.00 bits per heavy atom. The normalized spacial score (nSPS) is 17.8. The molecule has 30 heavy (non-hydrogen) atoms. The summed E-state index contributed by atoms with van der Waals surface area (Å²) in [6, 6.07) is 6.30. The molecule has 1 heterocycles. The molecule has 1 aliphatic carbocycles. The van der Waals surface area contributed by atoms with Crippen molar-refractivity contribution in [3.05, 3.63) is 47.4 Å². The second-order valence-corrected chi connectivity index (χ2v) is 6.96. The number of amides is 2. The van der Waals surface area contributed by atoms with Crippen molar-refractivity contribution in [1.29, 1.82) is 0 Å². The summed E-state index contributed by atoms with van der Waals surface area (Å²) >= 11 is 5.57. The fourth-order valence-corrected chi connectivity index (χ4v) is 2.91. The summed E-state index contributed by atoms with van der Waals surface area (Å²) in [7, 11) is 0. The third-order valence-corrected chi connectivity index (χ3v) is 4.66. The molecule has 1 fully saturated rings. The molecule has 11 heteroatoms. The lowest BCUT2D eigenvalue weighted by atomic mass is 9.79. The van der Waals surface area contributed by atoms with Gasteiger partial charge >= 0.3 is 6.61 Å². The van der Waals surface area contributed by atoms with Crippen LogP contribution in [0.3, 0.4) is 0 Å². The lowest BCUT2D eigenvalue weighted by Gasteiger charge is -2.34. The van der Waals surface area contributed by atoms with Crippen LogP contribution < -0.4 is 20.1 Å². The van der Waals surface area contributed by atoms with Crippen LogP contribution in [0, 0.1) is 11.7 Å². The van der Waals surface area contributed by atoms with Crippen molar-refractivity contribution in [2.24, 2.45) is 5.92 Å². The van der Waals surface area contributed by atoms with E-state index in [0.717, 1.165) is 6.07 Å². The predicted molar refractivity (Wildman–Crippen MR) is 101 cm³/mol. The number of carbonyl (C=O) groups excluding carboxylic acids is 2. The molecule has 0 saturated heterocycles. The molecular formula is C19H17ClF3N3O4. The summed E-state index contributed by atoms with van der Waals surface area (Å²) in [6.45, 7) is -3.27. The maximum absolute atomic E-state index is 13.3. The number of halogens is 4. The van der Waals surface area contributed by atoms with Crippen molar-refractivity contribution in [2.45, 2.75) is 25.5 Å². The van der Waals surface area contributed by atoms with E-state index in [9.17, 15) is 22.8 Å². The van der Waals surface area contributed by atoms with E-state index in [-0.39, 0.29) is 41.1 Å². The number of nitrogens with zero attached hydrogens (tertiary/aromatic N) is 1. The molecule has 0 unspecified atom stereocenters. The van der Waals surface area contributed by atoms with Gasteiger partial charge in [-0.1, -0.05) is 11.6 Å². The van der Waals surface area contributed by atoms with E-state index in [4.69, 9.17) is 16.3 Å². The predicted octanol–water partition coefficient (Wildman–Crippen LogP) is 3.39. The second kappa shape index (κ2) is 9.66. The van der Waals surface area contributed by atoms with Crippen LogP contribution in [0.5, 0.6) is 11.6 Å². The topological polar surface area (TPSA) is 89.5 Å². The van der Waals surface area contributed by atoms with Gasteiger partial charge in [-0.25, -0.2) is 9.37 Å². The SMILES string of the molecule is O=C(COc1ccc(Cl)c(F)c1)NC1CC(C(=O)Nc2ccc(OC(F)F)nc2)C1. The number of anilines is 1. The van der Waals surface area contributed by atoms with Gasteiger partial charge in [-0.3, -0.25) is 9.59 Å². The van der Waals surface area contributed by atoms with E-state index in [2.05, 4.69) is 20.4 Å². The van der Waals surface area contributed by atoms with Gasteiger partial charge in [0, 0.05) is 24.1 Å². The van der Waals surface area contributed by atoms with Gasteiger partial charge in [0.2, 0.25) is 11.8 Å². The molecule has 160 valence electrons. The summed E-state index contributed by atoms with van der Waals surface area (Å²) in [4.78, 5) is 27.8. The van der Waals surface area contributed by atoms with Crippen molar-refractivity contribution in [3.8, 4) is 11.6 Å². The van der Waals surface area contributed by atoms with Gasteiger partial charge < -0.3 is 20.1 Å². The largest absolute Gasteiger partial charge is 0.484 e. The Bertz CT molecular complexity index is 908. The Morgan fingerprint density at radius 3 is 2.63 bits per heavy atom. The van der Waals surface area contributed by atoms with Crippen molar-refractivity contribution in [2.75, 3.05) is 11.9 Å². The molecule has 0 bridgehead atoms. The number of pyridine rings is 1. The number of aromatic nitrogens is 1. The van der Waals surface area contributed by atoms with Gasteiger partial charge in [0.05, 0.1) is 16.9 Å². The number of hydrogen-bond donors (Lipinski definition) is 2. The van der Waals surface area contributed by atoms with Crippen molar-refractivity contribution < 1.29 is 32.2 Å². The average molecular weight is 444 g/mol. The number of rotatable bonds is 8. The summed E-state index contributed by atoms with van der Waals surface area (Å²) < 4.78 is 46.9. The van der Waals surface area contributed by atoms with Crippen LogP contribution >= 0.6 is 11.6 Å². The van der Waals surface area contributed by atoms with E-state index in [1.165, 1.54) is 30.5 Å². The summed E-state index contributed by atoms with van der Waals surface area (Å²) in [5.74, 6) is -1.69. The molecule has 3 rings (SSSR count). The Balaban J connectivity index is 1.37. The smallest absolute Gasteiger partial charge is 0.388 e. The lowest BCUT2D eigenvalue weighted by molar-refractivity contribution is -0.128. The Kier molecular flexibility index (Phi) is 6.99. The van der Waals surface area contributed by atoms with Gasteiger partial charge in [-0.05, 0) is 31.0 Å². The van der Waals surface area contributed by atoms with Crippen molar-refractivity contribution >= 4 is 29.1 Å². The Hall–Kier alpha value is -3.01. The highest BCUT2D eigenvalue weighted by Crippen LogP contribution is 2.29. The monoisotopic (exact) mass is 443 g/mol. The number of alkyl halides is 2. The molecule has 1 saturated carbocycles. The minimum Gasteiger partial charge on any atom is -0.484 e. The molecule has 1 aromatic carbocycles. The first-order valence-corrected chi connectivity index (χ1v) is 9.27. The Morgan fingerprint density at radius 1 is 1.23 bits per heavy atom. The van der Waals surface area contributed by atoms with E-state index < -0.39 is 18.3 Å². The van der Waals surface area contributed by atoms with Gasteiger partial charge in [0.25, 0.3) is 5.91 Å². The fourth-order valence-electron chi connectivity index (χ4n) is 2.79. The van der Waals surface area contributed by atoms with E-state index in [0.29, 0.717) is 18.5 Å². The summed E-state index contributed by atoms with van der Waals surface area (Å²) in [5, 5.41) is 5.31. The third kappa shape index (κ3) is 5.99. The lowest BCUT2D eigenvalue weighted by Crippen LogP contribution is -2.49. The maximum Gasteiger partial charge on any atom is 0.388 e. The van der Waals surface area contributed by atoms with E-state index in [1.807, 2.05) is 0 Å². The van der Waals surface area contributed by atoms with Crippen molar-refractivity contribution in [3.63, 3.8) is 0 Å². The molecule has 0 spiro atoms. The number of hydrogen-bond acceptors (Lipinski definition) is 5. The molecular weight excluding hydrogens is 427 g/mol. The minimum absolute atomic E-state index is 0.0428. The van der Waals surface area contributed by atoms with Crippen molar-refractivity contribution in [1.82, 2.24) is 10.3 Å². The molecule has 0 atom stereocenters. The van der Waals surface area contributed by atoms with Gasteiger partial charge in [-0.2, -0.15) is 8.78 Å². The number of ether oxygens (including phenoxy) is 2. The van der Waals surface area contributed by atoms with E-state index in [1.54, 1.807) is 0 Å². The highest BCUT2D eigenvalue weighted by molar-refractivity contribution is 6.30. The molecule has 1 aromatic heterocycles. The Labute approximate surface area is 174 Å². The van der Waals surface area contributed by atoms with E-state index >= 15 is 0 Å². The first-order valence-electron chi connectivity index (χ1n) is 8.89. The molecule has 1 aliphatic rings. The van der Waals surface area contributed by atoms with Crippen LogP contribution in [0.15, 0.2) is 36.5 Å². The number of nitrogens with one attached hydrogen (secondary N) is 2. The van der Waals surface area contributed by atoms with Crippen LogP contribution in [-0.4, -0.2) is 36.1 Å². The van der Waals surface area contributed by atoms with Gasteiger partial charge in [-0.15, -0.1) is 0 Å². The summed E-state index contributed by atoms with van der Waals surface area (Å²) in [5.41, 5.74) is 0.345.